The fourth-order valence-corrected chi connectivity index (χ4v) is 4.65. The van der Waals surface area contributed by atoms with Gasteiger partial charge in [-0.25, -0.2) is 0 Å². The molecule has 0 saturated carbocycles. The molecule has 0 spiro atoms. The van der Waals surface area contributed by atoms with Crippen LogP contribution in [0.25, 0.3) is 6.08 Å². The Balaban J connectivity index is 1.60. The second kappa shape index (κ2) is 7.22. The number of nitrogens with one attached hydrogen (secondary N) is 1. The minimum atomic E-state index is -0.393. The number of benzene rings is 1. The van der Waals surface area contributed by atoms with Gasteiger partial charge in [0, 0.05) is 16.2 Å². The molecule has 0 fully saturated rings. The second-order valence-corrected chi connectivity index (χ2v) is 8.50. The lowest BCUT2D eigenvalue weighted by atomic mass is 10.1. The zero-order chi connectivity index (χ0) is 18.1. The van der Waals surface area contributed by atoms with Crippen molar-refractivity contribution in [2.45, 2.75) is 11.3 Å². The van der Waals surface area contributed by atoms with E-state index in [1.54, 1.807) is 29.2 Å². The third-order valence-electron chi connectivity index (χ3n) is 3.83. The maximum absolute atomic E-state index is 12.4. The van der Waals surface area contributed by atoms with Crippen molar-refractivity contribution in [3.05, 3.63) is 57.8 Å². The molecule has 1 aromatic carbocycles. The Bertz CT molecular complexity index is 959. The van der Waals surface area contributed by atoms with Gasteiger partial charge in [0.2, 0.25) is 5.17 Å². The maximum Gasteiger partial charge on any atom is 0.283 e. The average molecular weight is 399 g/mol. The largest absolute Gasteiger partial charge is 0.283 e. The minimum Gasteiger partial charge on any atom is -0.282 e. The highest BCUT2D eigenvalue weighted by Gasteiger charge is 2.35. The number of thioether (sulfide) groups is 2. The van der Waals surface area contributed by atoms with Gasteiger partial charge in [0.15, 0.2) is 5.84 Å². The van der Waals surface area contributed by atoms with Gasteiger partial charge in [-0.1, -0.05) is 18.2 Å². The molecule has 4 rings (SSSR count). The second-order valence-electron chi connectivity index (χ2n) is 5.54. The number of amides is 1. The first-order valence-corrected chi connectivity index (χ1v) is 10.7. The van der Waals surface area contributed by atoms with Crippen LogP contribution < -0.4 is 0 Å². The number of nitrogens with zero attached hydrogens (tertiary/aromatic N) is 3. The fraction of sp³-hybridized carbons (Fsp3) is 0.111. The van der Waals surface area contributed by atoms with Crippen molar-refractivity contribution < 1.29 is 4.79 Å². The van der Waals surface area contributed by atoms with Gasteiger partial charge in [-0.15, -0.1) is 23.1 Å². The van der Waals surface area contributed by atoms with E-state index in [-0.39, 0.29) is 11.4 Å². The summed E-state index contributed by atoms with van der Waals surface area (Å²) in [6.45, 7) is 0. The SMILES string of the molecule is CSc1ccc(C=C2C(=N)N3N=C(Cc4cccs4)SC3=NC2=O)cc1. The molecule has 0 unspecified atom stereocenters. The Hall–Kier alpha value is -2.16. The van der Waals surface area contributed by atoms with Gasteiger partial charge in [-0.3, -0.25) is 10.2 Å². The number of rotatable bonds is 4. The molecule has 8 heteroatoms. The first-order valence-electron chi connectivity index (χ1n) is 7.79. The highest BCUT2D eigenvalue weighted by molar-refractivity contribution is 8.27. The van der Waals surface area contributed by atoms with Crippen molar-refractivity contribution in [2.24, 2.45) is 10.1 Å². The Morgan fingerprint density at radius 3 is 2.77 bits per heavy atom. The third kappa shape index (κ3) is 3.40. The van der Waals surface area contributed by atoms with E-state index in [1.807, 2.05) is 48.0 Å². The molecule has 0 aliphatic carbocycles. The summed E-state index contributed by atoms with van der Waals surface area (Å²) in [4.78, 5) is 18.9. The molecule has 130 valence electrons. The molecule has 0 radical (unpaired) electrons. The van der Waals surface area contributed by atoms with E-state index >= 15 is 0 Å². The van der Waals surface area contributed by atoms with E-state index in [1.165, 1.54) is 21.6 Å². The molecule has 0 bridgehead atoms. The Morgan fingerprint density at radius 2 is 2.08 bits per heavy atom. The average Bonchev–Trinajstić information content (AvgIpc) is 3.29. The van der Waals surface area contributed by atoms with Gasteiger partial charge in [-0.2, -0.15) is 15.1 Å². The van der Waals surface area contributed by atoms with Crippen LogP contribution >= 0.6 is 34.9 Å². The fourth-order valence-electron chi connectivity index (χ4n) is 2.53. The quantitative estimate of drug-likeness (QED) is 0.615. The number of hydrogen-bond acceptors (Lipinski definition) is 6. The Kier molecular flexibility index (Phi) is 4.80. The molecule has 1 amide bonds. The van der Waals surface area contributed by atoms with E-state index < -0.39 is 5.91 Å². The highest BCUT2D eigenvalue weighted by Crippen LogP contribution is 2.30. The summed E-state index contributed by atoms with van der Waals surface area (Å²) in [5.74, 6) is -0.321. The molecular weight excluding hydrogens is 384 g/mol. The van der Waals surface area contributed by atoms with Gasteiger partial charge in [-0.05, 0) is 53.2 Å². The normalized spacial score (nSPS) is 18.2. The van der Waals surface area contributed by atoms with Crippen LogP contribution in [0.15, 0.2) is 62.3 Å². The zero-order valence-corrected chi connectivity index (χ0v) is 16.3. The molecule has 3 heterocycles. The molecule has 2 aliphatic heterocycles. The lowest BCUT2D eigenvalue weighted by molar-refractivity contribution is -0.114. The maximum atomic E-state index is 12.4. The van der Waals surface area contributed by atoms with Gasteiger partial charge >= 0.3 is 0 Å². The number of hydrogen-bond donors (Lipinski definition) is 1. The van der Waals surface area contributed by atoms with E-state index in [9.17, 15) is 4.79 Å². The summed E-state index contributed by atoms with van der Waals surface area (Å²) in [6.07, 6.45) is 4.40. The predicted octanol–water partition coefficient (Wildman–Crippen LogP) is 4.33. The summed E-state index contributed by atoms with van der Waals surface area (Å²) in [5, 5.41) is 17.7. The van der Waals surface area contributed by atoms with Crippen LogP contribution in [0.1, 0.15) is 10.4 Å². The summed E-state index contributed by atoms with van der Waals surface area (Å²) in [6, 6.07) is 11.9. The summed E-state index contributed by atoms with van der Waals surface area (Å²) in [7, 11) is 0. The Morgan fingerprint density at radius 1 is 1.27 bits per heavy atom. The number of aliphatic imine (C=N–C) groups is 1. The van der Waals surface area contributed by atoms with E-state index in [2.05, 4.69) is 10.1 Å². The molecule has 2 aliphatic rings. The number of amidine groups is 2. The number of thiophene rings is 1. The van der Waals surface area contributed by atoms with Crippen LogP contribution in [0, 0.1) is 5.41 Å². The van der Waals surface area contributed by atoms with Crippen LogP contribution in [0.3, 0.4) is 0 Å². The topological polar surface area (TPSA) is 68.9 Å². The molecule has 0 saturated heterocycles. The first kappa shape index (κ1) is 17.3. The molecule has 1 N–H and O–H groups in total. The van der Waals surface area contributed by atoms with Crippen LogP contribution in [0.4, 0.5) is 0 Å². The van der Waals surface area contributed by atoms with Crippen molar-refractivity contribution in [3.63, 3.8) is 0 Å². The van der Waals surface area contributed by atoms with Crippen molar-refractivity contribution in [1.82, 2.24) is 5.01 Å². The minimum absolute atomic E-state index is 0.0719. The molecular formula is C18H14N4OS3. The standard InChI is InChI=1S/C18H14N4OS3/c1-24-12-6-4-11(5-7-12)9-14-16(19)22-18(20-17(14)23)26-15(21-22)10-13-3-2-8-25-13/h2-9,19H,10H2,1H3. The number of carbonyl (C=O) groups excluding carboxylic acids is 1. The summed E-state index contributed by atoms with van der Waals surface area (Å²) in [5.41, 5.74) is 1.12. The van der Waals surface area contributed by atoms with Crippen molar-refractivity contribution in [1.29, 1.82) is 5.41 Å². The van der Waals surface area contributed by atoms with Gasteiger partial charge in [0.25, 0.3) is 5.91 Å². The van der Waals surface area contributed by atoms with Crippen LogP contribution in [0.2, 0.25) is 0 Å². The number of hydrazone groups is 1. The third-order valence-corrected chi connectivity index (χ3v) is 6.36. The highest BCUT2D eigenvalue weighted by atomic mass is 32.2. The molecule has 0 atom stereocenters. The van der Waals surface area contributed by atoms with Gasteiger partial charge in [0.1, 0.15) is 5.04 Å². The lowest BCUT2D eigenvalue weighted by Crippen LogP contribution is -2.35. The molecule has 1 aromatic heterocycles. The van der Waals surface area contributed by atoms with E-state index in [0.29, 0.717) is 11.6 Å². The van der Waals surface area contributed by atoms with E-state index in [0.717, 1.165) is 15.5 Å². The monoisotopic (exact) mass is 398 g/mol. The van der Waals surface area contributed by atoms with Crippen LogP contribution in [0.5, 0.6) is 0 Å². The van der Waals surface area contributed by atoms with Gasteiger partial charge < -0.3 is 0 Å². The molecule has 26 heavy (non-hydrogen) atoms. The van der Waals surface area contributed by atoms with Crippen molar-refractivity contribution >= 4 is 62.9 Å². The van der Waals surface area contributed by atoms with Crippen molar-refractivity contribution in [3.8, 4) is 0 Å². The predicted molar refractivity (Wildman–Crippen MR) is 111 cm³/mol. The van der Waals surface area contributed by atoms with Crippen molar-refractivity contribution in [2.75, 3.05) is 6.26 Å². The molecule has 2 aromatic rings. The van der Waals surface area contributed by atoms with E-state index in [4.69, 9.17) is 5.41 Å². The number of carbonyl (C=O) groups is 1. The zero-order valence-electron chi connectivity index (χ0n) is 13.8. The number of fused-ring (bicyclic) bond motifs is 1. The van der Waals surface area contributed by atoms with Gasteiger partial charge in [0.05, 0.1) is 5.57 Å². The Labute approximate surface area is 163 Å². The van der Waals surface area contributed by atoms with Crippen LogP contribution in [-0.2, 0) is 11.2 Å². The van der Waals surface area contributed by atoms with Crippen LogP contribution in [-0.4, -0.2) is 33.2 Å². The first-order chi connectivity index (χ1) is 12.6. The summed E-state index contributed by atoms with van der Waals surface area (Å²) >= 11 is 4.68. The lowest BCUT2D eigenvalue weighted by Gasteiger charge is -2.20. The molecule has 5 nitrogen and oxygen atoms in total. The smallest absolute Gasteiger partial charge is 0.282 e. The summed E-state index contributed by atoms with van der Waals surface area (Å²) < 4.78 is 0.